The van der Waals surface area contributed by atoms with Gasteiger partial charge in [0.25, 0.3) is 0 Å². The lowest BCUT2D eigenvalue weighted by Crippen LogP contribution is -2.37. The summed E-state index contributed by atoms with van der Waals surface area (Å²) in [4.78, 5) is 9.88. The number of nitrogens with two attached hydrogens (primary N) is 1. The number of benzene rings is 1. The van der Waals surface area contributed by atoms with Crippen molar-refractivity contribution in [2.75, 3.05) is 18.0 Å². The summed E-state index contributed by atoms with van der Waals surface area (Å²) >= 11 is 1.71. The van der Waals surface area contributed by atoms with Gasteiger partial charge in [0.15, 0.2) is 4.90 Å². The van der Waals surface area contributed by atoms with E-state index in [0.29, 0.717) is 0 Å². The van der Waals surface area contributed by atoms with Crippen molar-refractivity contribution in [3.63, 3.8) is 0 Å². The van der Waals surface area contributed by atoms with Crippen molar-refractivity contribution in [1.82, 2.24) is 4.72 Å². The lowest BCUT2D eigenvalue weighted by atomic mass is 10.1. The highest BCUT2D eigenvalue weighted by molar-refractivity contribution is 8.01. The van der Waals surface area contributed by atoms with Crippen molar-refractivity contribution >= 4 is 33.2 Å². The van der Waals surface area contributed by atoms with Crippen LogP contribution in [0.25, 0.3) is 0 Å². The van der Waals surface area contributed by atoms with Crippen molar-refractivity contribution in [3.05, 3.63) is 28.3 Å². The minimum Gasteiger partial charge on any atom is -0.393 e. The smallest absolute Gasteiger partial charge is 0.312 e. The minimum atomic E-state index is -3.97. The summed E-state index contributed by atoms with van der Waals surface area (Å²) in [7, 11) is -3.97. The van der Waals surface area contributed by atoms with E-state index in [4.69, 9.17) is 5.73 Å². The Kier molecular flexibility index (Phi) is 4.45. The SMILES string of the molecule is CC1(CNS(=O)(=O)c2cccc(N)c2[N+](=O)[O-])CCCS1. The molecule has 1 aliphatic rings. The van der Waals surface area contributed by atoms with Crippen LogP contribution in [0.15, 0.2) is 23.1 Å². The van der Waals surface area contributed by atoms with Gasteiger partial charge in [-0.15, -0.1) is 0 Å². The predicted octanol–water partition coefficient (Wildman–Crippen LogP) is 1.74. The average molecular weight is 331 g/mol. The monoisotopic (exact) mass is 331 g/mol. The van der Waals surface area contributed by atoms with Crippen LogP contribution in [0.5, 0.6) is 0 Å². The van der Waals surface area contributed by atoms with E-state index in [9.17, 15) is 18.5 Å². The molecule has 0 saturated carbocycles. The summed E-state index contributed by atoms with van der Waals surface area (Å²) in [5.41, 5.74) is 4.79. The normalized spacial score (nSPS) is 22.3. The fourth-order valence-electron chi connectivity index (χ4n) is 2.25. The van der Waals surface area contributed by atoms with Crippen LogP contribution in [0.4, 0.5) is 11.4 Å². The summed E-state index contributed by atoms with van der Waals surface area (Å²) in [6.07, 6.45) is 1.96. The molecule has 0 aromatic heterocycles. The third-order valence-corrected chi connectivity index (χ3v) is 6.41. The second-order valence-electron chi connectivity index (χ2n) is 5.18. The number of hydrogen-bond acceptors (Lipinski definition) is 6. The Morgan fingerprint density at radius 1 is 1.52 bits per heavy atom. The van der Waals surface area contributed by atoms with Crippen LogP contribution < -0.4 is 10.5 Å². The molecule has 1 aliphatic heterocycles. The molecule has 0 bridgehead atoms. The molecule has 0 radical (unpaired) electrons. The van der Waals surface area contributed by atoms with E-state index in [0.717, 1.165) is 18.6 Å². The molecule has 116 valence electrons. The molecule has 21 heavy (non-hydrogen) atoms. The van der Waals surface area contributed by atoms with Gasteiger partial charge in [-0.05, 0) is 37.7 Å². The number of anilines is 1. The summed E-state index contributed by atoms with van der Waals surface area (Å²) in [5.74, 6) is 0.997. The van der Waals surface area contributed by atoms with E-state index < -0.39 is 20.6 Å². The van der Waals surface area contributed by atoms with Crippen molar-refractivity contribution in [1.29, 1.82) is 0 Å². The number of hydrogen-bond donors (Lipinski definition) is 2. The van der Waals surface area contributed by atoms with Gasteiger partial charge in [0.1, 0.15) is 5.69 Å². The second kappa shape index (κ2) is 5.82. The lowest BCUT2D eigenvalue weighted by Gasteiger charge is -2.22. The molecule has 1 saturated heterocycles. The van der Waals surface area contributed by atoms with Crippen molar-refractivity contribution < 1.29 is 13.3 Å². The molecule has 0 aliphatic carbocycles. The Morgan fingerprint density at radius 2 is 2.24 bits per heavy atom. The number of para-hydroxylation sites is 1. The van der Waals surface area contributed by atoms with Gasteiger partial charge in [0.05, 0.1) is 4.92 Å². The number of thioether (sulfide) groups is 1. The van der Waals surface area contributed by atoms with Crippen LogP contribution in [0.1, 0.15) is 19.8 Å². The third kappa shape index (κ3) is 3.47. The fourth-order valence-corrected chi connectivity index (χ4v) is 4.96. The van der Waals surface area contributed by atoms with Gasteiger partial charge in [-0.1, -0.05) is 6.07 Å². The van der Waals surface area contributed by atoms with Gasteiger partial charge < -0.3 is 5.73 Å². The molecule has 7 nitrogen and oxygen atoms in total. The Labute approximate surface area is 127 Å². The summed E-state index contributed by atoms with van der Waals surface area (Å²) in [6.45, 7) is 2.23. The van der Waals surface area contributed by atoms with Gasteiger partial charge in [0.2, 0.25) is 10.0 Å². The van der Waals surface area contributed by atoms with Crippen molar-refractivity contribution in [2.24, 2.45) is 0 Å². The minimum absolute atomic E-state index is 0.163. The predicted molar refractivity (Wildman–Crippen MR) is 82.8 cm³/mol. The first-order valence-corrected chi connectivity index (χ1v) is 8.89. The molecule has 1 atom stereocenters. The molecule has 0 amide bonds. The zero-order valence-electron chi connectivity index (χ0n) is 11.5. The highest BCUT2D eigenvalue weighted by Crippen LogP contribution is 2.37. The maximum Gasteiger partial charge on any atom is 0.312 e. The highest BCUT2D eigenvalue weighted by Gasteiger charge is 2.33. The van der Waals surface area contributed by atoms with E-state index in [2.05, 4.69) is 4.72 Å². The maximum absolute atomic E-state index is 12.3. The van der Waals surface area contributed by atoms with E-state index in [1.807, 2.05) is 6.92 Å². The molecule has 1 aromatic carbocycles. The number of nitrogens with one attached hydrogen (secondary N) is 1. The summed E-state index contributed by atoms with van der Waals surface area (Å²) in [6, 6.07) is 3.90. The number of nitrogen functional groups attached to an aromatic ring is 1. The quantitative estimate of drug-likeness (QED) is 0.482. The number of rotatable bonds is 5. The van der Waals surface area contributed by atoms with Gasteiger partial charge in [-0.3, -0.25) is 10.1 Å². The Bertz CT molecular complexity index is 654. The molecular weight excluding hydrogens is 314 g/mol. The van der Waals surface area contributed by atoms with Crippen molar-refractivity contribution in [2.45, 2.75) is 29.4 Å². The topological polar surface area (TPSA) is 115 Å². The zero-order chi connectivity index (χ0) is 15.7. The molecule has 3 N–H and O–H groups in total. The summed E-state index contributed by atoms with van der Waals surface area (Å²) in [5, 5.41) is 11.0. The van der Waals surface area contributed by atoms with Crippen LogP contribution in [-0.2, 0) is 10.0 Å². The highest BCUT2D eigenvalue weighted by atomic mass is 32.2. The molecule has 9 heteroatoms. The van der Waals surface area contributed by atoms with Crippen LogP contribution >= 0.6 is 11.8 Å². The van der Waals surface area contributed by atoms with E-state index in [1.54, 1.807) is 11.8 Å². The zero-order valence-corrected chi connectivity index (χ0v) is 13.2. The first-order valence-electron chi connectivity index (χ1n) is 6.42. The Hall–Kier alpha value is -1.32. The van der Waals surface area contributed by atoms with Crippen LogP contribution in [-0.4, -0.2) is 30.4 Å². The molecule has 1 unspecified atom stereocenters. The first kappa shape index (κ1) is 16.1. The molecule has 2 rings (SSSR count). The summed E-state index contributed by atoms with van der Waals surface area (Å²) < 4.78 is 27.0. The standard InChI is InChI=1S/C12H17N3O4S2/c1-12(6-3-7-20-12)8-14-21(18,19)10-5-2-4-9(13)11(10)15(16)17/h2,4-5,14H,3,6-8,13H2,1H3. The Morgan fingerprint density at radius 3 is 2.81 bits per heavy atom. The van der Waals surface area contributed by atoms with Gasteiger partial charge in [-0.25, -0.2) is 13.1 Å². The fraction of sp³-hybridized carbons (Fsp3) is 0.500. The van der Waals surface area contributed by atoms with Crippen LogP contribution in [0.3, 0.4) is 0 Å². The van der Waals surface area contributed by atoms with E-state index >= 15 is 0 Å². The largest absolute Gasteiger partial charge is 0.393 e. The average Bonchev–Trinajstić information content (AvgIpc) is 2.83. The van der Waals surface area contributed by atoms with Crippen LogP contribution in [0.2, 0.25) is 0 Å². The Balaban J connectivity index is 2.28. The number of nitro groups is 1. The molecule has 1 aromatic rings. The van der Waals surface area contributed by atoms with E-state index in [-0.39, 0.29) is 21.9 Å². The first-order chi connectivity index (χ1) is 9.75. The number of sulfonamides is 1. The van der Waals surface area contributed by atoms with Gasteiger partial charge in [-0.2, -0.15) is 11.8 Å². The van der Waals surface area contributed by atoms with Crippen molar-refractivity contribution in [3.8, 4) is 0 Å². The molecule has 1 heterocycles. The number of nitro benzene ring substituents is 1. The molecule has 0 spiro atoms. The molecule has 1 fully saturated rings. The van der Waals surface area contributed by atoms with E-state index in [1.165, 1.54) is 18.2 Å². The maximum atomic E-state index is 12.3. The third-order valence-electron chi connectivity index (χ3n) is 3.44. The molecular formula is C12H17N3O4S2. The van der Waals surface area contributed by atoms with Crippen LogP contribution in [0, 0.1) is 10.1 Å². The van der Waals surface area contributed by atoms with Gasteiger partial charge >= 0.3 is 5.69 Å². The van der Waals surface area contributed by atoms with Gasteiger partial charge in [0, 0.05) is 11.3 Å². The number of nitrogens with zero attached hydrogens (tertiary/aromatic N) is 1. The second-order valence-corrected chi connectivity index (χ2v) is 8.60. The lowest BCUT2D eigenvalue weighted by molar-refractivity contribution is -0.386.